The maximum absolute atomic E-state index is 12.8. The van der Waals surface area contributed by atoms with Crippen LogP contribution >= 0.6 is 0 Å². The highest BCUT2D eigenvalue weighted by Gasteiger charge is 2.29. The fourth-order valence-electron chi connectivity index (χ4n) is 4.01. The number of carbonyl (C=O) groups excluding carboxylic acids is 1. The molecule has 9 nitrogen and oxygen atoms in total. The van der Waals surface area contributed by atoms with Crippen LogP contribution in [0.1, 0.15) is 34.0 Å². The average molecular weight is 464 g/mol. The van der Waals surface area contributed by atoms with E-state index < -0.39 is 4.92 Å². The standard InChI is InChI=1S/C25H24N2O7/c1-31-22-14-21-19(23(32-2)24(22)33-3)11-12-20(34-21)15-5-4-6-16(13-15)25(28)26-17-7-9-18(10-8-17)27(29)30/h4-10,13-14,20H,11-12H2,1-3H3,(H,26,28). The zero-order valence-electron chi connectivity index (χ0n) is 19.0. The van der Waals surface area contributed by atoms with Gasteiger partial charge in [0.15, 0.2) is 11.5 Å². The van der Waals surface area contributed by atoms with Crippen LogP contribution in [0, 0.1) is 10.1 Å². The zero-order valence-corrected chi connectivity index (χ0v) is 19.0. The number of non-ortho nitro benzene ring substituents is 1. The van der Waals surface area contributed by atoms with Crippen LogP contribution in [0.25, 0.3) is 0 Å². The molecule has 0 radical (unpaired) electrons. The minimum absolute atomic E-state index is 0.0411. The Hall–Kier alpha value is -4.27. The summed E-state index contributed by atoms with van der Waals surface area (Å²) in [4.78, 5) is 23.1. The maximum atomic E-state index is 12.8. The minimum Gasteiger partial charge on any atom is -0.493 e. The third kappa shape index (κ3) is 4.45. The third-order valence-corrected chi connectivity index (χ3v) is 5.67. The van der Waals surface area contributed by atoms with Gasteiger partial charge >= 0.3 is 0 Å². The van der Waals surface area contributed by atoms with Crippen molar-refractivity contribution in [1.29, 1.82) is 0 Å². The molecule has 4 rings (SSSR count). The van der Waals surface area contributed by atoms with E-state index in [1.54, 1.807) is 45.6 Å². The van der Waals surface area contributed by atoms with Crippen molar-refractivity contribution in [2.45, 2.75) is 18.9 Å². The molecular weight excluding hydrogens is 440 g/mol. The van der Waals surface area contributed by atoms with E-state index in [1.165, 1.54) is 24.3 Å². The highest BCUT2D eigenvalue weighted by molar-refractivity contribution is 6.04. The Morgan fingerprint density at radius 1 is 1.03 bits per heavy atom. The molecule has 0 spiro atoms. The molecule has 1 unspecified atom stereocenters. The second-order valence-electron chi connectivity index (χ2n) is 7.65. The van der Waals surface area contributed by atoms with Crippen molar-refractivity contribution in [2.75, 3.05) is 26.6 Å². The summed E-state index contributed by atoms with van der Waals surface area (Å²) >= 11 is 0. The van der Waals surface area contributed by atoms with Gasteiger partial charge in [0, 0.05) is 35.0 Å². The lowest BCUT2D eigenvalue weighted by molar-refractivity contribution is -0.384. The van der Waals surface area contributed by atoms with Gasteiger partial charge in [-0.3, -0.25) is 14.9 Å². The maximum Gasteiger partial charge on any atom is 0.269 e. The average Bonchev–Trinajstić information content (AvgIpc) is 2.87. The number of anilines is 1. The van der Waals surface area contributed by atoms with Crippen molar-refractivity contribution in [2.24, 2.45) is 0 Å². The molecule has 1 heterocycles. The van der Waals surface area contributed by atoms with Crippen LogP contribution in [0.2, 0.25) is 0 Å². The number of nitrogens with zero attached hydrogens (tertiary/aromatic N) is 1. The molecule has 1 N–H and O–H groups in total. The molecule has 0 bridgehead atoms. The first-order valence-corrected chi connectivity index (χ1v) is 10.6. The van der Waals surface area contributed by atoms with Crippen LogP contribution in [0.4, 0.5) is 11.4 Å². The number of amides is 1. The van der Waals surface area contributed by atoms with Crippen molar-refractivity contribution in [3.05, 3.63) is 81.4 Å². The van der Waals surface area contributed by atoms with E-state index in [2.05, 4.69) is 5.32 Å². The van der Waals surface area contributed by atoms with Gasteiger partial charge in [-0.25, -0.2) is 0 Å². The van der Waals surface area contributed by atoms with Crippen molar-refractivity contribution in [3.63, 3.8) is 0 Å². The first-order valence-electron chi connectivity index (χ1n) is 10.6. The number of ether oxygens (including phenoxy) is 4. The Morgan fingerprint density at radius 3 is 2.41 bits per heavy atom. The lowest BCUT2D eigenvalue weighted by Gasteiger charge is -2.29. The Balaban J connectivity index is 1.54. The van der Waals surface area contributed by atoms with Crippen LogP contribution in [0.15, 0.2) is 54.6 Å². The first kappa shape index (κ1) is 22.9. The molecule has 1 atom stereocenters. The van der Waals surface area contributed by atoms with Gasteiger partial charge in [-0.15, -0.1) is 0 Å². The molecule has 9 heteroatoms. The van der Waals surface area contributed by atoms with Crippen molar-refractivity contribution >= 4 is 17.3 Å². The number of carbonyl (C=O) groups is 1. The molecule has 3 aromatic carbocycles. The molecule has 1 aliphatic rings. The van der Waals surface area contributed by atoms with Crippen molar-refractivity contribution in [3.8, 4) is 23.0 Å². The van der Waals surface area contributed by atoms with Crippen LogP contribution < -0.4 is 24.3 Å². The number of benzene rings is 3. The van der Waals surface area contributed by atoms with Gasteiger partial charge in [0.05, 0.1) is 26.3 Å². The Kier molecular flexibility index (Phi) is 6.53. The van der Waals surface area contributed by atoms with Crippen LogP contribution in [0.5, 0.6) is 23.0 Å². The monoisotopic (exact) mass is 464 g/mol. The summed E-state index contributed by atoms with van der Waals surface area (Å²) in [5.41, 5.74) is 2.65. The summed E-state index contributed by atoms with van der Waals surface area (Å²) in [7, 11) is 4.69. The second-order valence-corrected chi connectivity index (χ2v) is 7.65. The summed E-state index contributed by atoms with van der Waals surface area (Å²) in [6.07, 6.45) is 1.12. The normalized spacial score (nSPS) is 14.4. The van der Waals surface area contributed by atoms with Gasteiger partial charge in [-0.05, 0) is 42.7 Å². The quantitative estimate of drug-likeness (QED) is 0.390. The first-order chi connectivity index (χ1) is 16.4. The Labute approximate surface area is 196 Å². The SMILES string of the molecule is COc1cc2c(c(OC)c1OC)CCC(c1cccc(C(=O)Nc3ccc([N+](=O)[O-])cc3)c1)O2. The van der Waals surface area contributed by atoms with Gasteiger partial charge in [0.1, 0.15) is 11.9 Å². The highest BCUT2D eigenvalue weighted by Crippen LogP contribution is 2.49. The van der Waals surface area contributed by atoms with Crippen molar-refractivity contribution in [1.82, 2.24) is 0 Å². The van der Waals surface area contributed by atoms with E-state index in [0.29, 0.717) is 47.1 Å². The molecular formula is C25H24N2O7. The predicted octanol–water partition coefficient (Wildman–Crippen LogP) is 4.94. The molecule has 34 heavy (non-hydrogen) atoms. The molecule has 3 aromatic rings. The van der Waals surface area contributed by atoms with Gasteiger partial charge in [0.2, 0.25) is 5.75 Å². The predicted molar refractivity (Wildman–Crippen MR) is 125 cm³/mol. The number of hydrogen-bond acceptors (Lipinski definition) is 7. The minimum atomic E-state index is -0.487. The van der Waals surface area contributed by atoms with E-state index >= 15 is 0 Å². The highest BCUT2D eigenvalue weighted by atomic mass is 16.6. The summed E-state index contributed by atoms with van der Waals surface area (Å²) in [6.45, 7) is 0. The molecule has 0 fully saturated rings. The number of nitro groups is 1. The van der Waals surface area contributed by atoms with E-state index in [0.717, 1.165) is 11.1 Å². The molecule has 0 saturated heterocycles. The third-order valence-electron chi connectivity index (χ3n) is 5.67. The fourth-order valence-corrected chi connectivity index (χ4v) is 4.01. The topological polar surface area (TPSA) is 109 Å². The molecule has 0 aliphatic carbocycles. The number of rotatable bonds is 7. The van der Waals surface area contributed by atoms with Crippen LogP contribution in [-0.2, 0) is 6.42 Å². The number of hydrogen-bond donors (Lipinski definition) is 1. The Morgan fingerprint density at radius 2 is 1.76 bits per heavy atom. The molecule has 1 amide bonds. The van der Waals surface area contributed by atoms with Crippen LogP contribution in [-0.4, -0.2) is 32.2 Å². The zero-order chi connectivity index (χ0) is 24.2. The van der Waals surface area contributed by atoms with E-state index in [4.69, 9.17) is 18.9 Å². The number of methoxy groups -OCH3 is 3. The summed E-state index contributed by atoms with van der Waals surface area (Å²) < 4.78 is 22.8. The smallest absolute Gasteiger partial charge is 0.269 e. The van der Waals surface area contributed by atoms with Crippen LogP contribution in [0.3, 0.4) is 0 Å². The lowest BCUT2D eigenvalue weighted by atomic mass is 9.95. The second kappa shape index (κ2) is 9.70. The molecule has 0 aromatic heterocycles. The van der Waals surface area contributed by atoms with E-state index in [1.807, 2.05) is 6.07 Å². The number of nitro benzene ring substituents is 1. The molecule has 176 valence electrons. The summed E-state index contributed by atoms with van der Waals surface area (Å²) in [6, 6.07) is 14.7. The lowest BCUT2D eigenvalue weighted by Crippen LogP contribution is -2.18. The Bertz CT molecular complexity index is 1220. The van der Waals surface area contributed by atoms with E-state index in [9.17, 15) is 14.9 Å². The molecule has 0 saturated carbocycles. The van der Waals surface area contributed by atoms with Gasteiger partial charge < -0.3 is 24.3 Å². The molecule has 1 aliphatic heterocycles. The summed E-state index contributed by atoms with van der Waals surface area (Å²) in [5, 5.41) is 13.6. The van der Waals surface area contributed by atoms with E-state index in [-0.39, 0.29) is 17.7 Å². The summed E-state index contributed by atoms with van der Waals surface area (Å²) in [5.74, 6) is 1.95. The largest absolute Gasteiger partial charge is 0.493 e. The van der Waals surface area contributed by atoms with Gasteiger partial charge in [0.25, 0.3) is 11.6 Å². The van der Waals surface area contributed by atoms with Crippen molar-refractivity contribution < 1.29 is 28.7 Å². The van der Waals surface area contributed by atoms with Gasteiger partial charge in [-0.1, -0.05) is 12.1 Å². The fraction of sp³-hybridized carbons (Fsp3) is 0.240. The number of fused-ring (bicyclic) bond motifs is 1. The number of nitrogens with one attached hydrogen (secondary N) is 1. The van der Waals surface area contributed by atoms with Gasteiger partial charge in [-0.2, -0.15) is 0 Å².